The van der Waals surface area contributed by atoms with Crippen LogP contribution in [0.1, 0.15) is 59.6 Å². The molecule has 2 aromatic rings. The summed E-state index contributed by atoms with van der Waals surface area (Å²) >= 11 is 0. The summed E-state index contributed by atoms with van der Waals surface area (Å²) in [6.07, 6.45) is 7.52. The van der Waals surface area contributed by atoms with E-state index in [1.54, 1.807) is 0 Å². The topological polar surface area (TPSA) is 72.8 Å². The first kappa shape index (κ1) is 28.3. The van der Waals surface area contributed by atoms with Gasteiger partial charge >= 0.3 is 5.97 Å². The zero-order chi connectivity index (χ0) is 25.6. The maximum atomic E-state index is 11.8. The van der Waals surface area contributed by atoms with Crippen molar-refractivity contribution in [2.75, 3.05) is 19.8 Å². The van der Waals surface area contributed by atoms with Gasteiger partial charge < -0.3 is 14.6 Å². The zero-order valence-electron chi connectivity index (χ0n) is 21.5. The Balaban J connectivity index is 1.96. The molecule has 2 aromatic carbocycles. The molecule has 190 valence electrons. The van der Waals surface area contributed by atoms with Crippen LogP contribution in [0.3, 0.4) is 0 Å². The van der Waals surface area contributed by atoms with E-state index in [1.807, 2.05) is 0 Å². The van der Waals surface area contributed by atoms with Crippen LogP contribution >= 0.6 is 0 Å². The van der Waals surface area contributed by atoms with Gasteiger partial charge in [0.2, 0.25) is 0 Å². The van der Waals surface area contributed by atoms with Crippen molar-refractivity contribution in [2.24, 2.45) is 5.92 Å². The molecule has 5 nitrogen and oxygen atoms in total. The van der Waals surface area contributed by atoms with Gasteiger partial charge in [-0.3, -0.25) is 4.79 Å². The summed E-state index contributed by atoms with van der Waals surface area (Å²) in [6.45, 7) is 10.2. The molecule has 0 aliphatic heterocycles. The molecule has 0 heterocycles. The van der Waals surface area contributed by atoms with Crippen LogP contribution in [0.25, 0.3) is 0 Å². The molecule has 0 aliphatic rings. The van der Waals surface area contributed by atoms with E-state index < -0.39 is 12.6 Å². The highest BCUT2D eigenvalue weighted by atomic mass is 16.5. The Morgan fingerprint density at radius 1 is 0.971 bits per heavy atom. The van der Waals surface area contributed by atoms with E-state index in [0.717, 1.165) is 24.8 Å². The molecule has 5 heteroatoms. The number of carbonyl (C=O) groups is 2. The number of hydrogen-bond donors (Lipinski definition) is 1. The number of unbranched alkanes of at least 4 members (excludes halogenated alkanes) is 2. The maximum Gasteiger partial charge on any atom is 0.335 e. The SMILES string of the molecule is C=C(CO)C(=O)OCC(COC=O)Cc1ccc(CCc2ccc(CCCCC)c(C)c2)c(C)c1. The second-order valence-electron chi connectivity index (χ2n) is 9.34. The van der Waals surface area contributed by atoms with Crippen LogP contribution in [0.5, 0.6) is 0 Å². The molecule has 0 aliphatic carbocycles. The van der Waals surface area contributed by atoms with Crippen LogP contribution in [0, 0.1) is 19.8 Å². The lowest BCUT2D eigenvalue weighted by Gasteiger charge is -2.17. The number of carbonyl (C=O) groups excluding carboxylic acids is 2. The monoisotopic (exact) mass is 480 g/mol. The summed E-state index contributed by atoms with van der Waals surface area (Å²) in [7, 11) is 0. The van der Waals surface area contributed by atoms with Gasteiger partial charge in [-0.15, -0.1) is 0 Å². The summed E-state index contributed by atoms with van der Waals surface area (Å²) in [4.78, 5) is 22.5. The van der Waals surface area contributed by atoms with Crippen LogP contribution in [0.2, 0.25) is 0 Å². The standard InChI is InChI=1S/C30H40O5/c1-5-6-7-8-28-12-9-25(15-22(28)2)10-13-29-14-11-26(16-23(29)3)17-27(19-34-21-32)20-35-30(33)24(4)18-31/h9,11-12,14-16,21,27,31H,4-8,10,13,17-20H2,1-3H3. The van der Waals surface area contributed by atoms with Crippen molar-refractivity contribution in [3.63, 3.8) is 0 Å². The van der Waals surface area contributed by atoms with Crippen molar-refractivity contribution in [2.45, 2.75) is 65.7 Å². The zero-order valence-corrected chi connectivity index (χ0v) is 21.5. The highest BCUT2D eigenvalue weighted by molar-refractivity contribution is 5.87. The Hall–Kier alpha value is -2.92. The number of aryl methyl sites for hydroxylation is 5. The van der Waals surface area contributed by atoms with Crippen LogP contribution in [-0.2, 0) is 44.7 Å². The van der Waals surface area contributed by atoms with Crippen molar-refractivity contribution >= 4 is 12.4 Å². The largest absolute Gasteiger partial charge is 0.467 e. The first-order valence-electron chi connectivity index (χ1n) is 12.6. The predicted octanol–water partition coefficient (Wildman–Crippen LogP) is 5.24. The van der Waals surface area contributed by atoms with Crippen LogP contribution in [0.4, 0.5) is 0 Å². The van der Waals surface area contributed by atoms with E-state index in [0.29, 0.717) is 12.9 Å². The number of ether oxygens (including phenoxy) is 2. The molecule has 35 heavy (non-hydrogen) atoms. The van der Waals surface area contributed by atoms with Gasteiger partial charge in [-0.25, -0.2) is 4.79 Å². The van der Waals surface area contributed by atoms with Gasteiger partial charge in [0.1, 0.15) is 0 Å². The molecule has 1 N–H and O–H groups in total. The van der Waals surface area contributed by atoms with Gasteiger partial charge in [0.25, 0.3) is 6.47 Å². The molecule has 0 amide bonds. The minimum Gasteiger partial charge on any atom is -0.467 e. The van der Waals surface area contributed by atoms with E-state index in [-0.39, 0.29) is 24.7 Å². The number of aliphatic hydroxyl groups is 1. The molecule has 0 bridgehead atoms. The van der Waals surface area contributed by atoms with E-state index in [2.05, 4.69) is 63.7 Å². The van der Waals surface area contributed by atoms with E-state index in [1.165, 1.54) is 47.1 Å². The maximum absolute atomic E-state index is 11.8. The number of benzene rings is 2. The molecule has 0 saturated carbocycles. The van der Waals surface area contributed by atoms with Crippen LogP contribution in [-0.4, -0.2) is 37.4 Å². The Morgan fingerprint density at radius 2 is 1.63 bits per heavy atom. The van der Waals surface area contributed by atoms with Gasteiger partial charge in [-0.2, -0.15) is 0 Å². The average Bonchev–Trinajstić information content (AvgIpc) is 2.85. The minimum atomic E-state index is -0.639. The number of aliphatic hydroxyl groups excluding tert-OH is 1. The fourth-order valence-corrected chi connectivity index (χ4v) is 4.24. The van der Waals surface area contributed by atoms with Gasteiger partial charge in [0.15, 0.2) is 0 Å². The van der Waals surface area contributed by atoms with Crippen molar-refractivity contribution in [1.82, 2.24) is 0 Å². The van der Waals surface area contributed by atoms with E-state index >= 15 is 0 Å². The lowest BCUT2D eigenvalue weighted by atomic mass is 9.93. The molecule has 0 saturated heterocycles. The van der Waals surface area contributed by atoms with Crippen molar-refractivity contribution < 1.29 is 24.2 Å². The molecule has 0 radical (unpaired) electrons. The molecule has 2 rings (SSSR count). The molecule has 0 spiro atoms. The summed E-state index contributed by atoms with van der Waals surface area (Å²) < 4.78 is 10.1. The third kappa shape index (κ3) is 9.69. The van der Waals surface area contributed by atoms with Gasteiger partial charge in [-0.05, 0) is 79.3 Å². The van der Waals surface area contributed by atoms with Crippen molar-refractivity contribution in [1.29, 1.82) is 0 Å². The quantitative estimate of drug-likeness (QED) is 0.154. The molecular formula is C30H40O5. The lowest BCUT2D eigenvalue weighted by Crippen LogP contribution is -2.22. The fourth-order valence-electron chi connectivity index (χ4n) is 4.24. The summed E-state index contributed by atoms with van der Waals surface area (Å²) in [5, 5.41) is 9.01. The third-order valence-corrected chi connectivity index (χ3v) is 6.40. The Bertz CT molecular complexity index is 979. The summed E-state index contributed by atoms with van der Waals surface area (Å²) in [5.74, 6) is -0.820. The van der Waals surface area contributed by atoms with Crippen LogP contribution in [0.15, 0.2) is 48.6 Å². The number of hydrogen-bond acceptors (Lipinski definition) is 5. The van der Waals surface area contributed by atoms with E-state index in [4.69, 9.17) is 14.6 Å². The smallest absolute Gasteiger partial charge is 0.335 e. The van der Waals surface area contributed by atoms with Gasteiger partial charge in [0, 0.05) is 5.92 Å². The number of esters is 1. The third-order valence-electron chi connectivity index (χ3n) is 6.40. The van der Waals surface area contributed by atoms with Crippen LogP contribution < -0.4 is 0 Å². The molecule has 1 unspecified atom stereocenters. The molecule has 0 fully saturated rings. The fraction of sp³-hybridized carbons (Fsp3) is 0.467. The first-order valence-corrected chi connectivity index (χ1v) is 12.6. The second-order valence-corrected chi connectivity index (χ2v) is 9.34. The average molecular weight is 481 g/mol. The molecular weight excluding hydrogens is 440 g/mol. The number of rotatable bonds is 16. The lowest BCUT2D eigenvalue weighted by molar-refractivity contribution is -0.142. The molecule has 1 atom stereocenters. The Kier molecular flexibility index (Phi) is 12.3. The predicted molar refractivity (Wildman–Crippen MR) is 139 cm³/mol. The van der Waals surface area contributed by atoms with Crippen molar-refractivity contribution in [3.8, 4) is 0 Å². The Morgan fingerprint density at radius 3 is 2.26 bits per heavy atom. The Labute approximate surface area is 210 Å². The van der Waals surface area contributed by atoms with Gasteiger partial charge in [-0.1, -0.05) is 62.7 Å². The highest BCUT2D eigenvalue weighted by Gasteiger charge is 2.16. The summed E-state index contributed by atoms with van der Waals surface area (Å²) in [5.41, 5.74) is 7.83. The first-order chi connectivity index (χ1) is 16.9. The van der Waals surface area contributed by atoms with Crippen molar-refractivity contribution in [3.05, 3.63) is 81.9 Å². The molecule has 0 aromatic heterocycles. The highest BCUT2D eigenvalue weighted by Crippen LogP contribution is 2.20. The minimum absolute atomic E-state index is 0.00146. The van der Waals surface area contributed by atoms with E-state index in [9.17, 15) is 9.59 Å². The normalized spacial score (nSPS) is 11.7. The summed E-state index contributed by atoms with van der Waals surface area (Å²) in [6, 6.07) is 13.3. The second kappa shape index (κ2) is 15.2. The van der Waals surface area contributed by atoms with Gasteiger partial charge in [0.05, 0.1) is 25.4 Å².